The molecule has 0 heterocycles. The maximum Gasteiger partial charge on any atom is 0.437 e. The smallest absolute Gasteiger partial charge is 0.264 e. The normalized spacial score (nSPS) is 12.7. The zero-order valence-electron chi connectivity index (χ0n) is 13.1. The summed E-state index contributed by atoms with van der Waals surface area (Å²) in [5.41, 5.74) is -2.29. The first kappa shape index (κ1) is 19.4. The quantitative estimate of drug-likeness (QED) is 0.443. The zero-order valence-corrected chi connectivity index (χ0v) is 13.9. The fraction of sp³-hybridized carbons (Fsp3) is 0.133. The summed E-state index contributed by atoms with van der Waals surface area (Å²) in [6.07, 6.45) is -5.10. The minimum atomic E-state index is -5.10. The van der Waals surface area contributed by atoms with Crippen molar-refractivity contribution in [3.63, 3.8) is 0 Å². The van der Waals surface area contributed by atoms with Gasteiger partial charge >= 0.3 is 16.3 Å². The van der Waals surface area contributed by atoms with Gasteiger partial charge in [-0.3, -0.25) is 14.4 Å². The number of rotatable bonds is 5. The van der Waals surface area contributed by atoms with Crippen molar-refractivity contribution in [2.45, 2.75) is 18.0 Å². The summed E-state index contributed by atoms with van der Waals surface area (Å²) in [6, 6.07) is 8.71. The van der Waals surface area contributed by atoms with Crippen LogP contribution in [0.2, 0.25) is 0 Å². The number of hydrogen-bond donors (Lipinski definition) is 0. The van der Waals surface area contributed by atoms with E-state index < -0.39 is 38.2 Å². The summed E-state index contributed by atoms with van der Waals surface area (Å²) < 4.78 is 67.7. The van der Waals surface area contributed by atoms with Crippen molar-refractivity contribution in [1.82, 2.24) is 0 Å². The molecule has 0 aromatic heterocycles. The summed E-state index contributed by atoms with van der Waals surface area (Å²) in [5, 5.41) is 13.4. The van der Waals surface area contributed by atoms with Crippen LogP contribution in [0.25, 0.3) is 0 Å². The third-order valence-corrected chi connectivity index (χ3v) is 4.26. The van der Waals surface area contributed by atoms with Gasteiger partial charge in [0.15, 0.2) is 5.71 Å². The van der Waals surface area contributed by atoms with Crippen molar-refractivity contribution >= 4 is 21.5 Å². The second-order valence-electron chi connectivity index (χ2n) is 5.09. The van der Waals surface area contributed by atoms with Crippen molar-refractivity contribution in [3.8, 4) is 0 Å². The fourth-order valence-electron chi connectivity index (χ4n) is 1.87. The van der Waals surface area contributed by atoms with Gasteiger partial charge in [0, 0.05) is 17.7 Å². The molecule has 7 nitrogen and oxygen atoms in total. The lowest BCUT2D eigenvalue weighted by atomic mass is 10.1. The molecule has 0 N–H and O–H groups in total. The van der Waals surface area contributed by atoms with E-state index in [1.54, 1.807) is 6.92 Å². The number of nitro benzene ring substituents is 1. The third-order valence-electron chi connectivity index (χ3n) is 3.14. The van der Waals surface area contributed by atoms with Gasteiger partial charge in [0.2, 0.25) is 0 Å². The first-order chi connectivity index (χ1) is 12.0. The highest BCUT2D eigenvalue weighted by Crippen LogP contribution is 2.26. The average Bonchev–Trinajstić information content (AvgIpc) is 2.54. The zero-order chi connectivity index (χ0) is 19.5. The lowest BCUT2D eigenvalue weighted by Gasteiger charge is -2.10. The van der Waals surface area contributed by atoms with Crippen molar-refractivity contribution in [1.29, 1.82) is 0 Å². The molecule has 0 amide bonds. The highest BCUT2D eigenvalue weighted by atomic mass is 32.2. The van der Waals surface area contributed by atoms with E-state index in [9.17, 15) is 31.7 Å². The molecule has 0 aliphatic rings. The molecular formula is C15H11F3N2O5S. The summed E-state index contributed by atoms with van der Waals surface area (Å²) in [4.78, 5) is 9.44. The molecular weight excluding hydrogens is 377 g/mol. The largest absolute Gasteiger partial charge is 0.437 e. The molecule has 0 unspecified atom stereocenters. The standard InChI is InChI=1S/C15H11F3N2O5S/c1-10-5-7-13(8-6-10)26(23,24)25-19-14(15(16,17)18)11-3-2-4-12(9-11)20(21)22/h2-9H,1H3/b19-14-. The van der Waals surface area contributed by atoms with E-state index in [0.717, 1.165) is 35.9 Å². The van der Waals surface area contributed by atoms with Gasteiger partial charge in [0.25, 0.3) is 5.69 Å². The van der Waals surface area contributed by atoms with Crippen LogP contribution >= 0.6 is 0 Å². The van der Waals surface area contributed by atoms with E-state index >= 15 is 0 Å². The lowest BCUT2D eigenvalue weighted by Crippen LogP contribution is -2.25. The van der Waals surface area contributed by atoms with Crippen molar-refractivity contribution in [2.75, 3.05) is 0 Å². The molecule has 0 aliphatic heterocycles. The second-order valence-corrected chi connectivity index (χ2v) is 6.62. The van der Waals surface area contributed by atoms with E-state index in [1.807, 2.05) is 0 Å². The first-order valence-electron chi connectivity index (χ1n) is 6.91. The SMILES string of the molecule is Cc1ccc(S(=O)(=O)O/N=C(/c2cccc([N+](=O)[O-])c2)C(F)(F)F)cc1. The van der Waals surface area contributed by atoms with Crippen molar-refractivity contribution in [2.24, 2.45) is 5.16 Å². The molecule has 138 valence electrons. The molecule has 26 heavy (non-hydrogen) atoms. The molecule has 2 aromatic carbocycles. The van der Waals surface area contributed by atoms with Crippen LogP contribution in [0.5, 0.6) is 0 Å². The Balaban J connectivity index is 2.43. The number of hydrogen-bond acceptors (Lipinski definition) is 6. The third kappa shape index (κ3) is 4.57. The molecule has 0 radical (unpaired) electrons. The van der Waals surface area contributed by atoms with E-state index in [0.29, 0.717) is 6.07 Å². The molecule has 0 atom stereocenters. The molecule has 2 aromatic rings. The van der Waals surface area contributed by atoms with Gasteiger partial charge < -0.3 is 0 Å². The van der Waals surface area contributed by atoms with Gasteiger partial charge in [-0.1, -0.05) is 35.0 Å². The Bertz CT molecular complexity index is 954. The molecule has 0 fully saturated rings. The predicted octanol–water partition coefficient (Wildman–Crippen LogP) is 3.58. The summed E-state index contributed by atoms with van der Waals surface area (Å²) in [7, 11) is -4.59. The minimum absolute atomic E-state index is 0.382. The number of nitrogens with zero attached hydrogens (tertiary/aromatic N) is 2. The Labute approximate surface area is 146 Å². The Morgan fingerprint density at radius 3 is 2.31 bits per heavy atom. The maximum atomic E-state index is 13.2. The highest BCUT2D eigenvalue weighted by molar-refractivity contribution is 7.86. The lowest BCUT2D eigenvalue weighted by molar-refractivity contribution is -0.384. The highest BCUT2D eigenvalue weighted by Gasteiger charge is 2.39. The fourth-order valence-corrected chi connectivity index (χ4v) is 2.60. The Hall–Kier alpha value is -2.95. The van der Waals surface area contributed by atoms with E-state index in [1.165, 1.54) is 12.1 Å². The van der Waals surface area contributed by atoms with E-state index in [-0.39, 0.29) is 4.90 Å². The monoisotopic (exact) mass is 388 g/mol. The van der Waals surface area contributed by atoms with Gasteiger partial charge in [-0.2, -0.15) is 21.6 Å². The van der Waals surface area contributed by atoms with Gasteiger partial charge in [0.05, 0.1) is 4.92 Å². The van der Waals surface area contributed by atoms with E-state index in [4.69, 9.17) is 0 Å². The molecule has 0 saturated heterocycles. The van der Waals surface area contributed by atoms with Crippen LogP contribution < -0.4 is 0 Å². The second kappa shape index (κ2) is 7.12. The van der Waals surface area contributed by atoms with Crippen LogP contribution in [0.3, 0.4) is 0 Å². The van der Waals surface area contributed by atoms with Gasteiger partial charge in [-0.15, -0.1) is 0 Å². The number of alkyl halides is 3. The number of non-ortho nitro benzene ring substituents is 1. The van der Waals surface area contributed by atoms with Crippen LogP contribution in [0.15, 0.2) is 58.6 Å². The van der Waals surface area contributed by atoms with Crippen LogP contribution in [0, 0.1) is 17.0 Å². The summed E-state index contributed by atoms with van der Waals surface area (Å²) >= 11 is 0. The van der Waals surface area contributed by atoms with Crippen molar-refractivity contribution in [3.05, 3.63) is 69.8 Å². The van der Waals surface area contributed by atoms with Gasteiger partial charge in [-0.05, 0) is 19.1 Å². The predicted molar refractivity (Wildman–Crippen MR) is 85.1 cm³/mol. The van der Waals surface area contributed by atoms with Crippen molar-refractivity contribution < 1.29 is 30.8 Å². The molecule has 0 bridgehead atoms. The number of halogens is 3. The topological polar surface area (TPSA) is 98.9 Å². The van der Waals surface area contributed by atoms with Crippen LogP contribution in [-0.4, -0.2) is 25.2 Å². The minimum Gasteiger partial charge on any atom is -0.264 e. The molecule has 11 heteroatoms. The summed E-state index contributed by atoms with van der Waals surface area (Å²) in [6.45, 7) is 1.69. The number of nitro groups is 1. The molecule has 0 spiro atoms. The Kier molecular flexibility index (Phi) is 5.30. The number of benzene rings is 2. The Morgan fingerprint density at radius 2 is 1.77 bits per heavy atom. The molecule has 0 aliphatic carbocycles. The van der Waals surface area contributed by atoms with Crippen LogP contribution in [0.1, 0.15) is 11.1 Å². The molecule has 0 saturated carbocycles. The maximum absolute atomic E-state index is 13.2. The van der Waals surface area contributed by atoms with Crippen LogP contribution in [-0.2, 0) is 14.4 Å². The van der Waals surface area contributed by atoms with Gasteiger partial charge in [0.1, 0.15) is 4.90 Å². The van der Waals surface area contributed by atoms with Crippen LogP contribution in [0.4, 0.5) is 18.9 Å². The Morgan fingerprint density at radius 1 is 1.15 bits per heavy atom. The summed E-state index contributed by atoms with van der Waals surface area (Å²) in [5.74, 6) is 0. The number of aryl methyl sites for hydroxylation is 1. The van der Waals surface area contributed by atoms with Gasteiger partial charge in [-0.25, -0.2) is 0 Å². The number of oxime groups is 1. The molecule has 2 rings (SSSR count). The first-order valence-corrected chi connectivity index (χ1v) is 8.32. The average molecular weight is 388 g/mol. The van der Waals surface area contributed by atoms with E-state index in [2.05, 4.69) is 9.44 Å².